The summed E-state index contributed by atoms with van der Waals surface area (Å²) in [5, 5.41) is 24.4. The number of amides is 2. The van der Waals surface area contributed by atoms with Gasteiger partial charge < -0.3 is 25.6 Å². The van der Waals surface area contributed by atoms with Gasteiger partial charge in [0.05, 0.1) is 31.2 Å². The summed E-state index contributed by atoms with van der Waals surface area (Å²) in [6.07, 6.45) is -9.76. The predicted molar refractivity (Wildman–Crippen MR) is 135 cm³/mol. The fourth-order valence-electron chi connectivity index (χ4n) is 4.17. The van der Waals surface area contributed by atoms with Crippen LogP contribution in [0, 0.1) is 5.92 Å². The molecule has 1 aliphatic carbocycles. The molecule has 0 bridgehead atoms. The van der Waals surface area contributed by atoms with Crippen LogP contribution in [-0.4, -0.2) is 73.8 Å². The van der Waals surface area contributed by atoms with Gasteiger partial charge in [-0.05, 0) is 35.7 Å². The topological polar surface area (TPSA) is 145 Å². The number of aliphatic hydroxyl groups excluding tert-OH is 2. The Hall–Kier alpha value is -2.86. The van der Waals surface area contributed by atoms with Crippen LogP contribution in [0.3, 0.4) is 0 Å². The normalized spacial score (nSPS) is 17.0. The number of carbonyl (C=O) groups is 2. The summed E-state index contributed by atoms with van der Waals surface area (Å²) in [6, 6.07) is 5.17. The monoisotopic (exact) mass is 629 g/mol. The molecule has 1 heterocycles. The van der Waals surface area contributed by atoms with Gasteiger partial charge in [0.1, 0.15) is 6.54 Å². The van der Waals surface area contributed by atoms with Crippen molar-refractivity contribution in [1.82, 2.24) is 14.9 Å². The number of hydrogen-bond acceptors (Lipinski definition) is 8. The number of benzene rings is 1. The fourth-order valence-corrected chi connectivity index (χ4v) is 6.97. The number of halogens is 5. The highest BCUT2D eigenvalue weighted by Crippen LogP contribution is 2.45. The maximum Gasteiger partial charge on any atom is 0.418 e. The first-order valence-corrected chi connectivity index (χ1v) is 14.4. The van der Waals surface area contributed by atoms with Gasteiger partial charge in [0.25, 0.3) is 0 Å². The summed E-state index contributed by atoms with van der Waals surface area (Å²) in [6.45, 7) is -1.50. The lowest BCUT2D eigenvalue weighted by Gasteiger charge is -2.39. The minimum Gasteiger partial charge on any atom is -0.453 e. The average Bonchev–Trinajstić information content (AvgIpc) is 3.37. The second-order valence-electron chi connectivity index (χ2n) is 9.34. The lowest BCUT2D eigenvalue weighted by Crippen LogP contribution is -2.46. The first-order chi connectivity index (χ1) is 19.1. The molecule has 3 rings (SSSR count). The van der Waals surface area contributed by atoms with Gasteiger partial charge in [-0.15, -0.1) is 11.3 Å². The minimum atomic E-state index is -4.97. The van der Waals surface area contributed by atoms with Crippen molar-refractivity contribution < 1.29 is 54.9 Å². The third-order valence-electron chi connectivity index (χ3n) is 6.30. The number of hydrogen-bond donors (Lipinski definition) is 4. The molecule has 0 spiro atoms. The first-order valence-electron chi connectivity index (χ1n) is 12.1. The lowest BCUT2D eigenvalue weighted by molar-refractivity contribution is -0.206. The molecule has 1 saturated carbocycles. The standard InChI is InChI=1S/C24H28F5N3O7S2/c1-39-22(36)31-11-20(34)30-10-16-4-7-19(40-16)18(13-33)32(12-14-8-23(25,26)9-14)41(37,38)17-5-2-15(3-6-17)21(35)24(27,28)29/h2-7,14,18,21,33,35H,8-13H2,1H3,(H,30,34)(H,31,36)/t18-,21?/m1/s1. The fraction of sp³-hybridized carbons (Fsp3) is 0.500. The number of ether oxygens (including phenoxy) is 1. The highest BCUT2D eigenvalue weighted by Gasteiger charge is 2.48. The zero-order valence-electron chi connectivity index (χ0n) is 21.5. The molecule has 2 amide bonds. The number of sulfonamides is 1. The van der Waals surface area contributed by atoms with E-state index in [2.05, 4.69) is 15.4 Å². The van der Waals surface area contributed by atoms with E-state index in [4.69, 9.17) is 0 Å². The molecule has 2 atom stereocenters. The van der Waals surface area contributed by atoms with Crippen LogP contribution in [0.2, 0.25) is 0 Å². The van der Waals surface area contributed by atoms with Crippen LogP contribution in [0.15, 0.2) is 41.3 Å². The summed E-state index contributed by atoms with van der Waals surface area (Å²) < 4.78 is 98.2. The SMILES string of the molecule is COC(=O)NCC(=O)NCc1ccc([C@@H](CO)N(CC2CC(F)(F)C2)S(=O)(=O)c2ccc(C(O)C(F)(F)F)cc2)s1. The van der Waals surface area contributed by atoms with Crippen molar-refractivity contribution in [3.05, 3.63) is 51.7 Å². The number of nitrogens with zero attached hydrogens (tertiary/aromatic N) is 1. The Labute approximate surface area is 236 Å². The Morgan fingerprint density at radius 2 is 1.78 bits per heavy atom. The van der Waals surface area contributed by atoms with Crippen molar-refractivity contribution in [3.63, 3.8) is 0 Å². The van der Waals surface area contributed by atoms with E-state index in [1.165, 1.54) is 6.07 Å². The number of alkyl halides is 5. The summed E-state index contributed by atoms with van der Waals surface area (Å²) in [5.41, 5.74) is -0.591. The Balaban J connectivity index is 1.83. The molecule has 1 aromatic heterocycles. The quantitative estimate of drug-likeness (QED) is 0.264. The number of aliphatic hydroxyl groups is 2. The van der Waals surface area contributed by atoms with Crippen LogP contribution < -0.4 is 10.6 Å². The Bertz CT molecular complexity index is 1310. The number of alkyl carbamates (subject to hydrolysis) is 1. The summed E-state index contributed by atoms with van der Waals surface area (Å²) in [5.74, 6) is -4.24. The van der Waals surface area contributed by atoms with Crippen molar-refractivity contribution in [1.29, 1.82) is 0 Å². The highest BCUT2D eigenvalue weighted by molar-refractivity contribution is 7.89. The molecule has 1 aromatic carbocycles. The van der Waals surface area contributed by atoms with E-state index in [1.54, 1.807) is 6.07 Å². The third kappa shape index (κ3) is 8.34. The van der Waals surface area contributed by atoms with Crippen molar-refractivity contribution in [2.75, 3.05) is 26.8 Å². The van der Waals surface area contributed by atoms with Gasteiger partial charge in [-0.25, -0.2) is 22.0 Å². The maximum atomic E-state index is 13.6. The smallest absolute Gasteiger partial charge is 0.418 e. The van der Waals surface area contributed by atoms with E-state index in [-0.39, 0.29) is 19.6 Å². The van der Waals surface area contributed by atoms with Gasteiger partial charge >= 0.3 is 12.3 Å². The Morgan fingerprint density at radius 3 is 2.32 bits per heavy atom. The third-order valence-corrected chi connectivity index (χ3v) is 9.37. The molecular formula is C24H28F5N3O7S2. The van der Waals surface area contributed by atoms with Crippen LogP contribution in [-0.2, 0) is 26.1 Å². The van der Waals surface area contributed by atoms with E-state index in [0.717, 1.165) is 47.0 Å². The molecule has 0 aliphatic heterocycles. The zero-order chi connectivity index (χ0) is 30.6. The zero-order valence-corrected chi connectivity index (χ0v) is 23.2. The first kappa shape index (κ1) is 32.7. The number of rotatable bonds is 12. The molecule has 10 nitrogen and oxygen atoms in total. The van der Waals surface area contributed by atoms with Gasteiger partial charge in [-0.1, -0.05) is 12.1 Å². The molecule has 2 aromatic rings. The predicted octanol–water partition coefficient (Wildman–Crippen LogP) is 3.09. The molecule has 0 saturated heterocycles. The Morgan fingerprint density at radius 1 is 1.15 bits per heavy atom. The maximum absolute atomic E-state index is 13.6. The second kappa shape index (κ2) is 13.0. The summed E-state index contributed by atoms with van der Waals surface area (Å²) in [7, 11) is -3.40. The molecule has 1 unspecified atom stereocenters. The van der Waals surface area contributed by atoms with Gasteiger partial charge in [0.2, 0.25) is 21.9 Å². The van der Waals surface area contributed by atoms with E-state index in [9.17, 15) is 50.2 Å². The van der Waals surface area contributed by atoms with Crippen molar-refractivity contribution in [2.24, 2.45) is 5.92 Å². The molecule has 4 N–H and O–H groups in total. The Kier molecular flexibility index (Phi) is 10.3. The summed E-state index contributed by atoms with van der Waals surface area (Å²) >= 11 is 1.04. The van der Waals surface area contributed by atoms with Crippen LogP contribution in [0.5, 0.6) is 0 Å². The van der Waals surface area contributed by atoms with E-state index in [1.807, 2.05) is 0 Å². The molecular weight excluding hydrogens is 601 g/mol. The van der Waals surface area contributed by atoms with Crippen molar-refractivity contribution in [3.8, 4) is 0 Å². The number of carbonyl (C=O) groups excluding carboxylic acids is 2. The van der Waals surface area contributed by atoms with Gasteiger partial charge in [-0.2, -0.15) is 17.5 Å². The van der Waals surface area contributed by atoms with E-state index < -0.39 is 82.1 Å². The molecule has 228 valence electrons. The number of thiophene rings is 1. The summed E-state index contributed by atoms with van der Waals surface area (Å²) in [4.78, 5) is 23.4. The highest BCUT2D eigenvalue weighted by atomic mass is 32.2. The number of nitrogens with one attached hydrogen (secondary N) is 2. The lowest BCUT2D eigenvalue weighted by atomic mass is 9.81. The van der Waals surface area contributed by atoms with Gasteiger partial charge in [0, 0.05) is 29.1 Å². The van der Waals surface area contributed by atoms with Gasteiger partial charge in [0.15, 0.2) is 6.10 Å². The number of methoxy groups -OCH3 is 1. The van der Waals surface area contributed by atoms with Crippen LogP contribution >= 0.6 is 11.3 Å². The molecule has 1 aliphatic rings. The molecule has 41 heavy (non-hydrogen) atoms. The average molecular weight is 630 g/mol. The van der Waals surface area contributed by atoms with Crippen LogP contribution in [0.1, 0.15) is 40.3 Å². The van der Waals surface area contributed by atoms with Crippen LogP contribution in [0.25, 0.3) is 0 Å². The van der Waals surface area contributed by atoms with E-state index >= 15 is 0 Å². The van der Waals surface area contributed by atoms with Crippen LogP contribution in [0.4, 0.5) is 26.7 Å². The minimum absolute atomic E-state index is 0.00487. The van der Waals surface area contributed by atoms with E-state index in [0.29, 0.717) is 9.75 Å². The van der Waals surface area contributed by atoms with Crippen molar-refractivity contribution in [2.45, 2.75) is 48.5 Å². The van der Waals surface area contributed by atoms with Crippen molar-refractivity contribution >= 4 is 33.4 Å². The largest absolute Gasteiger partial charge is 0.453 e. The molecule has 17 heteroatoms. The van der Waals surface area contributed by atoms with Gasteiger partial charge in [-0.3, -0.25) is 4.79 Å². The molecule has 0 radical (unpaired) electrons. The molecule has 1 fully saturated rings. The second-order valence-corrected chi connectivity index (χ2v) is 12.4.